The van der Waals surface area contributed by atoms with E-state index < -0.39 is 6.04 Å². The number of hydrogen-bond acceptors (Lipinski definition) is 5. The summed E-state index contributed by atoms with van der Waals surface area (Å²) in [5.41, 5.74) is 6.56. The molecule has 0 radical (unpaired) electrons. The van der Waals surface area contributed by atoms with E-state index in [2.05, 4.69) is 22.4 Å². The number of piperidine rings is 1. The molecule has 1 fully saturated rings. The van der Waals surface area contributed by atoms with Crippen molar-refractivity contribution < 1.29 is 9.53 Å². The number of rotatable bonds is 8. The number of anilines is 1. The molecule has 1 aromatic heterocycles. The summed E-state index contributed by atoms with van der Waals surface area (Å²) in [6.45, 7) is 5.22. The van der Waals surface area contributed by atoms with Crippen molar-refractivity contribution in [1.82, 2.24) is 4.90 Å². The molecule has 5 nitrogen and oxygen atoms in total. The van der Waals surface area contributed by atoms with Gasteiger partial charge in [-0.15, -0.1) is 11.3 Å². The first-order valence-electron chi connectivity index (χ1n) is 9.94. The first-order chi connectivity index (χ1) is 13.6. The van der Waals surface area contributed by atoms with Crippen LogP contribution in [0.3, 0.4) is 0 Å². The van der Waals surface area contributed by atoms with Gasteiger partial charge < -0.3 is 20.3 Å². The van der Waals surface area contributed by atoms with E-state index in [1.54, 1.807) is 14.0 Å². The minimum absolute atomic E-state index is 0.0460. The fourth-order valence-corrected chi connectivity index (χ4v) is 4.73. The average molecular weight is 402 g/mol. The Labute approximate surface area is 172 Å². The number of amides is 1. The predicted octanol–water partition coefficient (Wildman–Crippen LogP) is 3.15. The molecule has 152 valence electrons. The summed E-state index contributed by atoms with van der Waals surface area (Å²) in [6.07, 6.45) is 2.83. The lowest BCUT2D eigenvalue weighted by molar-refractivity contribution is -0.121. The lowest BCUT2D eigenvalue weighted by Gasteiger charge is -2.49. The normalized spacial score (nSPS) is 18.0. The maximum absolute atomic E-state index is 13.1. The van der Waals surface area contributed by atoms with Gasteiger partial charge in [-0.3, -0.25) is 4.79 Å². The fourth-order valence-electron chi connectivity index (χ4n) is 4.03. The topological polar surface area (TPSA) is 58.8 Å². The lowest BCUT2D eigenvalue weighted by atomic mass is 9.85. The number of carbonyl (C=O) groups is 1. The molecule has 2 N–H and O–H groups in total. The minimum atomic E-state index is -0.550. The molecule has 0 aliphatic carbocycles. The SMILES string of the molecule is COCC1(N(C(=O)C(C)N)c2ccccc2)CCN(CCc2cccs2)CC1. The van der Waals surface area contributed by atoms with Crippen LogP contribution in [0.5, 0.6) is 0 Å². The van der Waals surface area contributed by atoms with Gasteiger partial charge in [-0.25, -0.2) is 0 Å². The number of carbonyl (C=O) groups excluding carboxylic acids is 1. The van der Waals surface area contributed by atoms with E-state index in [1.165, 1.54) is 4.88 Å². The maximum Gasteiger partial charge on any atom is 0.244 e. The quantitative estimate of drug-likeness (QED) is 0.738. The van der Waals surface area contributed by atoms with E-state index in [4.69, 9.17) is 10.5 Å². The van der Waals surface area contributed by atoms with Crippen LogP contribution < -0.4 is 10.6 Å². The van der Waals surface area contributed by atoms with Crippen LogP contribution >= 0.6 is 11.3 Å². The summed E-state index contributed by atoms with van der Waals surface area (Å²) < 4.78 is 5.62. The third-order valence-electron chi connectivity index (χ3n) is 5.55. The highest BCUT2D eigenvalue weighted by Gasteiger charge is 2.43. The number of ether oxygens (including phenoxy) is 1. The van der Waals surface area contributed by atoms with Gasteiger partial charge in [0.15, 0.2) is 0 Å². The maximum atomic E-state index is 13.1. The summed E-state index contributed by atoms with van der Waals surface area (Å²) in [6, 6.07) is 13.6. The molecule has 1 amide bonds. The molecule has 3 rings (SSSR count). The number of nitrogens with two attached hydrogens (primary N) is 1. The van der Waals surface area contributed by atoms with Crippen LogP contribution in [-0.2, 0) is 16.0 Å². The number of hydrogen-bond donors (Lipinski definition) is 1. The zero-order chi connectivity index (χ0) is 20.0. The Hall–Kier alpha value is -1.73. The van der Waals surface area contributed by atoms with Crippen LogP contribution in [0.1, 0.15) is 24.6 Å². The molecule has 2 aromatic rings. The van der Waals surface area contributed by atoms with Gasteiger partial charge in [-0.05, 0) is 49.8 Å². The Morgan fingerprint density at radius 2 is 1.96 bits per heavy atom. The molecule has 1 unspecified atom stereocenters. The lowest BCUT2D eigenvalue weighted by Crippen LogP contribution is -2.62. The molecular weight excluding hydrogens is 370 g/mol. The van der Waals surface area contributed by atoms with Gasteiger partial charge in [0.2, 0.25) is 5.91 Å². The molecule has 1 aromatic carbocycles. The number of thiophene rings is 1. The summed E-state index contributed by atoms with van der Waals surface area (Å²) in [5, 5.41) is 2.13. The molecule has 1 aliphatic rings. The number of nitrogens with zero attached hydrogens (tertiary/aromatic N) is 2. The molecule has 6 heteroatoms. The molecule has 1 atom stereocenters. The standard InChI is InChI=1S/C22H31N3O2S/c1-18(23)21(26)25(19-7-4-3-5-8-19)22(17-27-2)11-14-24(15-12-22)13-10-20-9-6-16-28-20/h3-9,16,18H,10-15,17,23H2,1-2H3. The third kappa shape index (κ3) is 4.81. The van der Waals surface area contributed by atoms with Crippen LogP contribution in [0, 0.1) is 0 Å². The van der Waals surface area contributed by atoms with Gasteiger partial charge >= 0.3 is 0 Å². The number of benzene rings is 1. The van der Waals surface area contributed by atoms with E-state index >= 15 is 0 Å². The number of para-hydroxylation sites is 1. The van der Waals surface area contributed by atoms with Crippen molar-refractivity contribution >= 4 is 22.9 Å². The highest BCUT2D eigenvalue weighted by Crippen LogP contribution is 2.34. The predicted molar refractivity (Wildman–Crippen MR) is 116 cm³/mol. The second-order valence-corrected chi connectivity index (χ2v) is 8.66. The van der Waals surface area contributed by atoms with Crippen LogP contribution in [0.15, 0.2) is 47.8 Å². The Kier molecular flexibility index (Phi) is 7.24. The van der Waals surface area contributed by atoms with Crippen molar-refractivity contribution in [2.24, 2.45) is 5.73 Å². The van der Waals surface area contributed by atoms with Crippen molar-refractivity contribution in [3.8, 4) is 0 Å². The van der Waals surface area contributed by atoms with Gasteiger partial charge in [0.1, 0.15) is 0 Å². The molecule has 0 bridgehead atoms. The summed E-state index contributed by atoms with van der Waals surface area (Å²) in [5.74, 6) is -0.0460. The van der Waals surface area contributed by atoms with Crippen LogP contribution in [0.25, 0.3) is 0 Å². The smallest absolute Gasteiger partial charge is 0.244 e. The first-order valence-corrected chi connectivity index (χ1v) is 10.8. The Morgan fingerprint density at radius 1 is 1.25 bits per heavy atom. The second kappa shape index (κ2) is 9.65. The first kappa shape index (κ1) is 21.0. The van der Waals surface area contributed by atoms with Gasteiger partial charge in [0, 0.05) is 37.3 Å². The molecule has 1 saturated heterocycles. The van der Waals surface area contributed by atoms with Crippen molar-refractivity contribution in [2.75, 3.05) is 38.3 Å². The van der Waals surface area contributed by atoms with Crippen LogP contribution in [0.4, 0.5) is 5.69 Å². The Balaban J connectivity index is 1.77. The van der Waals surface area contributed by atoms with Crippen LogP contribution in [-0.4, -0.2) is 55.7 Å². The van der Waals surface area contributed by atoms with Gasteiger partial charge in [0.25, 0.3) is 0 Å². The molecule has 2 heterocycles. The molecule has 28 heavy (non-hydrogen) atoms. The monoisotopic (exact) mass is 401 g/mol. The molecule has 0 spiro atoms. The number of methoxy groups -OCH3 is 1. The van der Waals surface area contributed by atoms with Crippen molar-refractivity contribution in [3.63, 3.8) is 0 Å². The third-order valence-corrected chi connectivity index (χ3v) is 6.49. The summed E-state index contributed by atoms with van der Waals surface area (Å²) in [7, 11) is 1.71. The summed E-state index contributed by atoms with van der Waals surface area (Å²) in [4.78, 5) is 18.9. The zero-order valence-corrected chi connectivity index (χ0v) is 17.7. The fraction of sp³-hybridized carbons (Fsp3) is 0.500. The van der Waals surface area contributed by atoms with Gasteiger partial charge in [-0.2, -0.15) is 0 Å². The van der Waals surface area contributed by atoms with Crippen molar-refractivity contribution in [1.29, 1.82) is 0 Å². The van der Waals surface area contributed by atoms with E-state index in [1.807, 2.05) is 46.6 Å². The number of likely N-dealkylation sites (tertiary alicyclic amines) is 1. The minimum Gasteiger partial charge on any atom is -0.382 e. The van der Waals surface area contributed by atoms with Crippen molar-refractivity contribution in [2.45, 2.75) is 37.8 Å². The highest BCUT2D eigenvalue weighted by molar-refractivity contribution is 7.09. The highest BCUT2D eigenvalue weighted by atomic mass is 32.1. The molecule has 1 aliphatic heterocycles. The van der Waals surface area contributed by atoms with Gasteiger partial charge in [0.05, 0.1) is 18.2 Å². The van der Waals surface area contributed by atoms with E-state index in [-0.39, 0.29) is 11.4 Å². The van der Waals surface area contributed by atoms with Gasteiger partial charge in [-0.1, -0.05) is 24.3 Å². The van der Waals surface area contributed by atoms with Crippen LogP contribution in [0.2, 0.25) is 0 Å². The second-order valence-electron chi connectivity index (χ2n) is 7.63. The summed E-state index contributed by atoms with van der Waals surface area (Å²) >= 11 is 1.82. The molecule has 0 saturated carbocycles. The molecular formula is C22H31N3O2S. The van der Waals surface area contributed by atoms with E-state index in [0.29, 0.717) is 6.61 Å². The largest absolute Gasteiger partial charge is 0.382 e. The van der Waals surface area contributed by atoms with E-state index in [0.717, 1.165) is 44.6 Å². The Bertz CT molecular complexity index is 726. The average Bonchev–Trinajstić information content (AvgIpc) is 3.22. The Morgan fingerprint density at radius 3 is 2.54 bits per heavy atom. The van der Waals surface area contributed by atoms with Crippen molar-refractivity contribution in [3.05, 3.63) is 52.7 Å². The zero-order valence-electron chi connectivity index (χ0n) is 16.8. The van der Waals surface area contributed by atoms with E-state index in [9.17, 15) is 4.79 Å².